The molecule has 1 N–H and O–H groups in total. The molecule has 1 aliphatic carbocycles. The topological polar surface area (TPSA) is 118 Å². The van der Waals surface area contributed by atoms with Crippen LogP contribution < -0.4 is 9.47 Å². The number of ether oxygens (including phenoxy) is 4. The minimum absolute atomic E-state index is 0.0356. The Morgan fingerprint density at radius 2 is 1.64 bits per heavy atom. The number of amides is 3. The highest BCUT2D eigenvalue weighted by molar-refractivity contribution is 5.95. The summed E-state index contributed by atoms with van der Waals surface area (Å²) in [5.41, 5.74) is 0.467. The summed E-state index contributed by atoms with van der Waals surface area (Å²) >= 11 is 0. The normalized spacial score (nSPS) is 22.2. The van der Waals surface area contributed by atoms with Crippen LogP contribution in [0.15, 0.2) is 18.2 Å². The molecule has 0 aromatic heterocycles. The molecule has 0 radical (unpaired) electrons. The Morgan fingerprint density at radius 1 is 0.976 bits per heavy atom. The predicted molar refractivity (Wildman–Crippen MR) is 158 cm³/mol. The molecule has 236 valence electrons. The molecule has 11 heteroatoms. The van der Waals surface area contributed by atoms with E-state index in [2.05, 4.69) is 0 Å². The Hall–Kier alpha value is -3.05. The molecule has 2 aliphatic rings. The molecular formula is C31H49N3O8. The predicted octanol–water partition coefficient (Wildman–Crippen LogP) is 3.85. The summed E-state index contributed by atoms with van der Waals surface area (Å²) in [5, 5.41) is 9.78. The average Bonchev–Trinajstić information content (AvgIpc) is 3.39. The Labute approximate surface area is 250 Å². The molecule has 3 rings (SSSR count). The lowest BCUT2D eigenvalue weighted by molar-refractivity contribution is -0.136. The van der Waals surface area contributed by atoms with Crippen molar-refractivity contribution < 1.29 is 38.4 Å². The molecule has 1 saturated heterocycles. The highest BCUT2D eigenvalue weighted by Gasteiger charge is 2.39. The minimum atomic E-state index is -0.984. The van der Waals surface area contributed by atoms with Gasteiger partial charge in [-0.25, -0.2) is 4.79 Å². The summed E-state index contributed by atoms with van der Waals surface area (Å²) in [7, 11) is 6.71. The first-order valence-electron chi connectivity index (χ1n) is 15.0. The smallest absolute Gasteiger partial charge is 0.407 e. The molecule has 11 nitrogen and oxygen atoms in total. The van der Waals surface area contributed by atoms with Crippen LogP contribution in [-0.2, 0) is 14.3 Å². The lowest BCUT2D eigenvalue weighted by atomic mass is 9.86. The third-order valence-corrected chi connectivity index (χ3v) is 8.56. The molecule has 1 aliphatic heterocycles. The van der Waals surface area contributed by atoms with Crippen LogP contribution in [0.1, 0.15) is 56.3 Å². The van der Waals surface area contributed by atoms with Crippen LogP contribution in [0.4, 0.5) is 4.79 Å². The van der Waals surface area contributed by atoms with E-state index < -0.39 is 6.09 Å². The fourth-order valence-electron chi connectivity index (χ4n) is 6.06. The van der Waals surface area contributed by atoms with E-state index in [0.29, 0.717) is 62.9 Å². The molecule has 42 heavy (non-hydrogen) atoms. The first-order valence-corrected chi connectivity index (χ1v) is 15.0. The van der Waals surface area contributed by atoms with E-state index in [4.69, 9.17) is 18.9 Å². The number of hydrogen-bond acceptors (Lipinski definition) is 7. The molecule has 0 bridgehead atoms. The molecule has 1 aromatic carbocycles. The highest BCUT2D eigenvalue weighted by Crippen LogP contribution is 2.32. The molecule has 0 spiro atoms. The largest absolute Gasteiger partial charge is 0.493 e. The summed E-state index contributed by atoms with van der Waals surface area (Å²) < 4.78 is 21.9. The number of carbonyl (C=O) groups is 3. The van der Waals surface area contributed by atoms with Gasteiger partial charge in [0.1, 0.15) is 0 Å². The van der Waals surface area contributed by atoms with Gasteiger partial charge in [-0.1, -0.05) is 0 Å². The summed E-state index contributed by atoms with van der Waals surface area (Å²) in [6.45, 7) is 6.35. The summed E-state index contributed by atoms with van der Waals surface area (Å²) in [5.74, 6) is 0.720. The fourth-order valence-corrected chi connectivity index (χ4v) is 6.06. The van der Waals surface area contributed by atoms with Crippen LogP contribution in [0.25, 0.3) is 0 Å². The second kappa shape index (κ2) is 16.0. The summed E-state index contributed by atoms with van der Waals surface area (Å²) in [6, 6.07) is 5.02. The molecule has 1 aromatic rings. The average molecular weight is 592 g/mol. The molecular weight excluding hydrogens is 542 g/mol. The van der Waals surface area contributed by atoms with E-state index in [-0.39, 0.29) is 41.7 Å². The quantitative estimate of drug-likeness (QED) is 0.324. The van der Waals surface area contributed by atoms with Gasteiger partial charge in [0.2, 0.25) is 5.91 Å². The number of hydrogen-bond donors (Lipinski definition) is 1. The van der Waals surface area contributed by atoms with E-state index in [0.717, 1.165) is 25.7 Å². The number of nitrogens with zero attached hydrogens (tertiary/aromatic N) is 3. The number of rotatable bonds is 14. The molecule has 0 unspecified atom stereocenters. The van der Waals surface area contributed by atoms with Crippen molar-refractivity contribution >= 4 is 17.9 Å². The van der Waals surface area contributed by atoms with Gasteiger partial charge in [-0.3, -0.25) is 9.59 Å². The van der Waals surface area contributed by atoms with Gasteiger partial charge in [0, 0.05) is 89.8 Å². The second-order valence-electron chi connectivity index (χ2n) is 11.7. The van der Waals surface area contributed by atoms with Gasteiger partial charge in [-0.05, 0) is 57.7 Å². The van der Waals surface area contributed by atoms with E-state index in [1.54, 1.807) is 49.3 Å². The third kappa shape index (κ3) is 8.73. The number of benzene rings is 1. The maximum Gasteiger partial charge on any atom is 0.407 e. The van der Waals surface area contributed by atoms with Crippen molar-refractivity contribution in [3.05, 3.63) is 23.8 Å². The summed E-state index contributed by atoms with van der Waals surface area (Å²) in [6.07, 6.45) is 3.27. The zero-order valence-electron chi connectivity index (χ0n) is 26.0. The third-order valence-electron chi connectivity index (χ3n) is 8.56. The van der Waals surface area contributed by atoms with E-state index in [9.17, 15) is 19.5 Å². The zero-order valence-corrected chi connectivity index (χ0v) is 26.0. The Kier molecular flexibility index (Phi) is 12.7. The number of carbonyl (C=O) groups excluding carboxylic acids is 2. The van der Waals surface area contributed by atoms with Crippen molar-refractivity contribution in [2.75, 3.05) is 67.8 Å². The van der Waals surface area contributed by atoms with E-state index >= 15 is 0 Å². The number of carboxylic acid groups (broad SMARTS) is 1. The SMILES string of the molecule is COCCCOc1cc(C(=O)N(C[C@@H]2CN(C(=O)O)C[C@H]2CN(C)C(=O)[C@H]2CC[C@@H](OC)CC2)C(C)C)ccc1OC. The fraction of sp³-hybridized carbons (Fsp3) is 0.710. The number of methoxy groups -OCH3 is 3. The molecule has 3 amide bonds. The van der Waals surface area contributed by atoms with Crippen molar-refractivity contribution in [1.29, 1.82) is 0 Å². The second-order valence-corrected chi connectivity index (χ2v) is 11.7. The van der Waals surface area contributed by atoms with Gasteiger partial charge in [0.15, 0.2) is 11.5 Å². The van der Waals surface area contributed by atoms with E-state index in [1.807, 2.05) is 20.9 Å². The van der Waals surface area contributed by atoms with Gasteiger partial charge >= 0.3 is 6.09 Å². The van der Waals surface area contributed by atoms with Crippen LogP contribution in [-0.4, -0.2) is 118 Å². The number of likely N-dealkylation sites (tertiary alicyclic amines) is 1. The van der Waals surface area contributed by atoms with Gasteiger partial charge in [0.25, 0.3) is 5.91 Å². The monoisotopic (exact) mass is 591 g/mol. The van der Waals surface area contributed by atoms with Crippen molar-refractivity contribution in [2.45, 2.75) is 58.1 Å². The maximum atomic E-state index is 13.8. The first kappa shape index (κ1) is 33.5. The molecule has 1 saturated carbocycles. The zero-order chi connectivity index (χ0) is 30.8. The van der Waals surface area contributed by atoms with E-state index in [1.165, 1.54) is 4.90 Å². The van der Waals surface area contributed by atoms with Crippen LogP contribution in [0, 0.1) is 17.8 Å². The Balaban J connectivity index is 1.73. The molecule has 1 heterocycles. The van der Waals surface area contributed by atoms with Gasteiger partial charge in [0.05, 0.1) is 19.8 Å². The first-order chi connectivity index (χ1) is 20.1. The van der Waals surface area contributed by atoms with Gasteiger partial charge in [-0.15, -0.1) is 0 Å². The van der Waals surface area contributed by atoms with Crippen LogP contribution in [0.3, 0.4) is 0 Å². The van der Waals surface area contributed by atoms with Gasteiger partial charge < -0.3 is 38.8 Å². The Bertz CT molecular complexity index is 1040. The van der Waals surface area contributed by atoms with Crippen molar-refractivity contribution in [1.82, 2.24) is 14.7 Å². The Morgan fingerprint density at radius 3 is 2.21 bits per heavy atom. The van der Waals surface area contributed by atoms with Crippen molar-refractivity contribution in [2.24, 2.45) is 17.8 Å². The van der Waals surface area contributed by atoms with Crippen LogP contribution >= 0.6 is 0 Å². The van der Waals surface area contributed by atoms with Crippen molar-refractivity contribution in [3.8, 4) is 11.5 Å². The standard InChI is InChI=1S/C31H49N3O8/c1-21(2)34(30(36)23-10-13-27(41-6)28(16-23)42-15-7-14-39-4)20-25-19-33(31(37)38)18-24(25)17-32(3)29(35)22-8-11-26(40-5)12-9-22/h10,13,16,21-22,24-26H,7-9,11-12,14-15,17-20H2,1-6H3,(H,37,38)/t22-,24-,25+,26+/m1/s1. The lowest BCUT2D eigenvalue weighted by Crippen LogP contribution is -2.44. The van der Waals surface area contributed by atoms with Crippen LogP contribution in [0.2, 0.25) is 0 Å². The van der Waals surface area contributed by atoms with Crippen molar-refractivity contribution in [3.63, 3.8) is 0 Å². The lowest BCUT2D eigenvalue weighted by Gasteiger charge is -2.34. The molecule has 2 atom stereocenters. The minimum Gasteiger partial charge on any atom is -0.493 e. The van der Waals surface area contributed by atoms with Gasteiger partial charge in [-0.2, -0.15) is 0 Å². The molecule has 2 fully saturated rings. The summed E-state index contributed by atoms with van der Waals surface area (Å²) in [4.78, 5) is 44.0. The van der Waals surface area contributed by atoms with Crippen LogP contribution in [0.5, 0.6) is 11.5 Å². The highest BCUT2D eigenvalue weighted by atomic mass is 16.5. The maximum absolute atomic E-state index is 13.8.